The van der Waals surface area contributed by atoms with Crippen molar-refractivity contribution in [1.82, 2.24) is 9.88 Å². The summed E-state index contributed by atoms with van der Waals surface area (Å²) in [6.07, 6.45) is 14.4. The van der Waals surface area contributed by atoms with E-state index in [2.05, 4.69) is 11.9 Å². The quantitative estimate of drug-likeness (QED) is 0.253. The SMILES string of the molecule is CCCCCCCCCCCC(=O)N(CCc1ccccn1)Cc1ccc(OC)c(OC)c1. The number of hydrogen-bond acceptors (Lipinski definition) is 4. The van der Waals surface area contributed by atoms with Crippen molar-refractivity contribution < 1.29 is 14.3 Å². The molecule has 0 saturated carbocycles. The minimum atomic E-state index is 0.212. The third-order valence-electron chi connectivity index (χ3n) is 6.03. The third-order valence-corrected chi connectivity index (χ3v) is 6.03. The van der Waals surface area contributed by atoms with Gasteiger partial charge in [-0.3, -0.25) is 9.78 Å². The van der Waals surface area contributed by atoms with Gasteiger partial charge >= 0.3 is 0 Å². The molecule has 5 nitrogen and oxygen atoms in total. The number of amides is 1. The van der Waals surface area contributed by atoms with E-state index < -0.39 is 0 Å². The highest BCUT2D eigenvalue weighted by molar-refractivity contribution is 5.76. The van der Waals surface area contributed by atoms with Gasteiger partial charge in [-0.15, -0.1) is 0 Å². The van der Waals surface area contributed by atoms with E-state index in [1.54, 1.807) is 20.4 Å². The predicted molar refractivity (Wildman–Crippen MR) is 135 cm³/mol. The van der Waals surface area contributed by atoms with E-state index in [9.17, 15) is 4.79 Å². The fourth-order valence-corrected chi connectivity index (χ4v) is 4.03. The maximum Gasteiger partial charge on any atom is 0.222 e. The number of nitrogens with zero attached hydrogens (tertiary/aromatic N) is 2. The Bertz CT molecular complexity index is 795. The lowest BCUT2D eigenvalue weighted by molar-refractivity contribution is -0.131. The van der Waals surface area contributed by atoms with E-state index in [1.807, 2.05) is 41.3 Å². The van der Waals surface area contributed by atoms with E-state index in [0.29, 0.717) is 31.0 Å². The van der Waals surface area contributed by atoms with Crippen LogP contribution >= 0.6 is 0 Å². The fourth-order valence-electron chi connectivity index (χ4n) is 4.03. The van der Waals surface area contributed by atoms with E-state index in [4.69, 9.17) is 9.47 Å². The van der Waals surface area contributed by atoms with Gasteiger partial charge in [-0.1, -0.05) is 70.4 Å². The van der Waals surface area contributed by atoms with Gasteiger partial charge in [0.2, 0.25) is 5.91 Å². The van der Waals surface area contributed by atoms with Gasteiger partial charge in [0, 0.05) is 37.8 Å². The molecule has 2 rings (SSSR count). The molecule has 1 aromatic heterocycles. The van der Waals surface area contributed by atoms with Crippen molar-refractivity contribution in [2.75, 3.05) is 20.8 Å². The van der Waals surface area contributed by atoms with Gasteiger partial charge in [0.15, 0.2) is 11.5 Å². The minimum absolute atomic E-state index is 0.212. The Balaban J connectivity index is 1.88. The topological polar surface area (TPSA) is 51.7 Å². The molecule has 0 atom stereocenters. The highest BCUT2D eigenvalue weighted by atomic mass is 16.5. The average molecular weight is 455 g/mol. The van der Waals surface area contributed by atoms with Gasteiger partial charge in [0.05, 0.1) is 14.2 Å². The van der Waals surface area contributed by atoms with Crippen molar-refractivity contribution in [1.29, 1.82) is 0 Å². The summed E-state index contributed by atoms with van der Waals surface area (Å²) in [5.41, 5.74) is 2.04. The first kappa shape index (κ1) is 26.7. The number of benzene rings is 1. The van der Waals surface area contributed by atoms with Crippen LogP contribution in [-0.4, -0.2) is 36.6 Å². The monoisotopic (exact) mass is 454 g/mol. The summed E-state index contributed by atoms with van der Waals surface area (Å²) in [5, 5.41) is 0. The lowest BCUT2D eigenvalue weighted by atomic mass is 10.1. The molecule has 0 aliphatic heterocycles. The zero-order valence-corrected chi connectivity index (χ0v) is 20.9. The number of ether oxygens (including phenoxy) is 2. The van der Waals surface area contributed by atoms with E-state index in [1.165, 1.54) is 44.9 Å². The third kappa shape index (κ3) is 10.3. The number of rotatable bonds is 17. The van der Waals surface area contributed by atoms with Gasteiger partial charge < -0.3 is 14.4 Å². The number of methoxy groups -OCH3 is 2. The second-order valence-corrected chi connectivity index (χ2v) is 8.65. The standard InChI is InChI=1S/C28H42N2O3/c1-4-5-6-7-8-9-10-11-12-16-28(31)30(21-19-25-15-13-14-20-29-25)23-24-17-18-26(32-2)27(22-24)33-3/h13-15,17-18,20,22H,4-12,16,19,21,23H2,1-3H3. The first-order valence-corrected chi connectivity index (χ1v) is 12.6. The van der Waals surface area contributed by atoms with Crippen molar-refractivity contribution in [2.45, 2.75) is 84.1 Å². The molecule has 0 spiro atoms. The van der Waals surface area contributed by atoms with Crippen molar-refractivity contribution in [2.24, 2.45) is 0 Å². The van der Waals surface area contributed by atoms with Crippen molar-refractivity contribution in [3.8, 4) is 11.5 Å². The van der Waals surface area contributed by atoms with Crippen LogP contribution in [0.1, 0.15) is 82.4 Å². The Morgan fingerprint density at radius 3 is 2.21 bits per heavy atom. The summed E-state index contributed by atoms with van der Waals surface area (Å²) in [5.74, 6) is 1.59. The molecule has 1 aromatic carbocycles. The second kappa shape index (κ2) is 16.1. The van der Waals surface area contributed by atoms with Crippen molar-refractivity contribution >= 4 is 5.91 Å². The molecule has 1 heterocycles. The minimum Gasteiger partial charge on any atom is -0.493 e. The molecule has 2 aromatic rings. The molecule has 0 bridgehead atoms. The van der Waals surface area contributed by atoms with Crippen molar-refractivity contribution in [3.63, 3.8) is 0 Å². The lowest BCUT2D eigenvalue weighted by Gasteiger charge is -2.23. The highest BCUT2D eigenvalue weighted by Gasteiger charge is 2.15. The first-order valence-electron chi connectivity index (χ1n) is 12.6. The number of unbranched alkanes of at least 4 members (excludes halogenated alkanes) is 8. The number of hydrogen-bond donors (Lipinski definition) is 0. The molecule has 0 radical (unpaired) electrons. The van der Waals surface area contributed by atoms with E-state index >= 15 is 0 Å². The Hall–Kier alpha value is -2.56. The Labute approximate surface area is 200 Å². The van der Waals surface area contributed by atoms with Crippen LogP contribution in [-0.2, 0) is 17.8 Å². The Morgan fingerprint density at radius 1 is 0.879 bits per heavy atom. The van der Waals surface area contributed by atoms with Crippen LogP contribution in [0.15, 0.2) is 42.6 Å². The van der Waals surface area contributed by atoms with Crippen LogP contribution in [0.25, 0.3) is 0 Å². The molecular weight excluding hydrogens is 412 g/mol. The van der Waals surface area contributed by atoms with Crippen LogP contribution in [0.3, 0.4) is 0 Å². The van der Waals surface area contributed by atoms with Gasteiger partial charge in [0.1, 0.15) is 0 Å². The van der Waals surface area contributed by atoms with Crippen LogP contribution in [0, 0.1) is 0 Å². The lowest BCUT2D eigenvalue weighted by Crippen LogP contribution is -2.32. The van der Waals surface area contributed by atoms with Gasteiger partial charge in [-0.2, -0.15) is 0 Å². The Kier molecular flexibility index (Phi) is 13.0. The number of carbonyl (C=O) groups is 1. The summed E-state index contributed by atoms with van der Waals surface area (Å²) < 4.78 is 10.8. The zero-order chi connectivity index (χ0) is 23.7. The van der Waals surface area contributed by atoms with Crippen LogP contribution in [0.4, 0.5) is 0 Å². The molecule has 1 amide bonds. The molecule has 0 N–H and O–H groups in total. The maximum atomic E-state index is 13.1. The Morgan fingerprint density at radius 2 is 1.58 bits per heavy atom. The summed E-state index contributed by atoms with van der Waals surface area (Å²) >= 11 is 0. The molecule has 0 saturated heterocycles. The van der Waals surface area contributed by atoms with Crippen LogP contribution in [0.5, 0.6) is 11.5 Å². The molecule has 5 heteroatoms. The molecule has 0 aliphatic carbocycles. The van der Waals surface area contributed by atoms with Crippen LogP contribution in [0.2, 0.25) is 0 Å². The van der Waals surface area contributed by atoms with Crippen LogP contribution < -0.4 is 9.47 Å². The molecule has 0 unspecified atom stereocenters. The average Bonchev–Trinajstić information content (AvgIpc) is 2.85. The molecular formula is C28H42N2O3. The smallest absolute Gasteiger partial charge is 0.222 e. The molecule has 0 fully saturated rings. The highest BCUT2D eigenvalue weighted by Crippen LogP contribution is 2.28. The molecule has 33 heavy (non-hydrogen) atoms. The fraction of sp³-hybridized carbons (Fsp3) is 0.571. The zero-order valence-electron chi connectivity index (χ0n) is 20.9. The van der Waals surface area contributed by atoms with E-state index in [0.717, 1.165) is 30.5 Å². The number of aromatic nitrogens is 1. The number of pyridine rings is 1. The maximum absolute atomic E-state index is 13.1. The predicted octanol–water partition coefficient (Wildman–Crippen LogP) is 6.59. The normalized spacial score (nSPS) is 10.8. The number of carbonyl (C=O) groups excluding carboxylic acids is 1. The summed E-state index contributed by atoms with van der Waals surface area (Å²) in [7, 11) is 3.26. The second-order valence-electron chi connectivity index (χ2n) is 8.65. The summed E-state index contributed by atoms with van der Waals surface area (Å²) in [6.45, 7) is 3.47. The van der Waals surface area contributed by atoms with E-state index in [-0.39, 0.29) is 5.91 Å². The molecule has 182 valence electrons. The van der Waals surface area contributed by atoms with Gasteiger partial charge in [-0.25, -0.2) is 0 Å². The first-order chi connectivity index (χ1) is 16.2. The van der Waals surface area contributed by atoms with Gasteiger partial charge in [-0.05, 0) is 36.2 Å². The van der Waals surface area contributed by atoms with Crippen molar-refractivity contribution in [3.05, 3.63) is 53.9 Å². The molecule has 0 aliphatic rings. The largest absolute Gasteiger partial charge is 0.493 e. The van der Waals surface area contributed by atoms with Gasteiger partial charge in [0.25, 0.3) is 0 Å². The summed E-state index contributed by atoms with van der Waals surface area (Å²) in [6, 6.07) is 11.8. The summed E-state index contributed by atoms with van der Waals surface area (Å²) in [4.78, 5) is 19.5.